The molecule has 1 aromatic rings. The van der Waals surface area contributed by atoms with E-state index in [0.29, 0.717) is 0 Å². The Morgan fingerprint density at radius 2 is 1.33 bits per heavy atom. The first kappa shape index (κ1) is 31.5. The van der Waals surface area contributed by atoms with Crippen molar-refractivity contribution < 1.29 is 43.3 Å². The molecule has 0 aliphatic carbocycles. The molecule has 0 saturated carbocycles. The van der Waals surface area contributed by atoms with Crippen molar-refractivity contribution in [3.8, 4) is 0 Å². The van der Waals surface area contributed by atoms with Gasteiger partial charge in [-0.3, -0.25) is 26.1 Å². The van der Waals surface area contributed by atoms with E-state index in [1.165, 1.54) is 0 Å². The van der Waals surface area contributed by atoms with Crippen molar-refractivity contribution in [2.75, 3.05) is 5.43 Å². The number of nitrogens with one attached hydrogen (secondary N) is 1. The smallest absolute Gasteiger partial charge is 1.00 e. The minimum Gasteiger partial charge on any atom is -1.00 e. The van der Waals surface area contributed by atoms with Crippen molar-refractivity contribution in [1.29, 1.82) is 0 Å². The molecule has 13 heteroatoms. The van der Waals surface area contributed by atoms with Gasteiger partial charge < -0.3 is 42.8 Å². The van der Waals surface area contributed by atoms with Crippen molar-refractivity contribution in [2.45, 2.75) is 0 Å². The van der Waals surface area contributed by atoms with E-state index in [1.807, 2.05) is 0 Å². The first-order valence-electron chi connectivity index (χ1n) is 3.81. The summed E-state index contributed by atoms with van der Waals surface area (Å²) in [7, 11) is 0. The minimum absolute atomic E-state index is 0. The number of non-ortho nitro benzene ring substituents is 2. The summed E-state index contributed by atoms with van der Waals surface area (Å²) < 4.78 is 0. The van der Waals surface area contributed by atoms with Crippen LogP contribution in [0.3, 0.4) is 0 Å². The number of hydrazine groups is 1. The van der Waals surface area contributed by atoms with Crippen molar-refractivity contribution >= 4 is 17.1 Å². The Kier molecular flexibility index (Phi) is 24.3. The number of halogens is 1. The number of nitrogens with zero attached hydrogens (tertiary/aromatic N) is 3. The second kappa shape index (κ2) is 16.2. The van der Waals surface area contributed by atoms with Gasteiger partial charge in [-0.15, -0.1) is 5.34 Å². The number of hydrogen-bond acceptors (Lipinski definition) is 9. The normalized spacial score (nSPS) is 6.90. The van der Waals surface area contributed by atoms with Crippen LogP contribution in [0.15, 0.2) is 23.5 Å². The Labute approximate surface area is 140 Å². The van der Waals surface area contributed by atoms with Gasteiger partial charge in [-0.05, 0) is 0 Å². The third-order valence-electron chi connectivity index (χ3n) is 1.49. The molecule has 0 heterocycles. The monoisotopic (exact) mass is 504 g/mol. The van der Waals surface area contributed by atoms with Crippen molar-refractivity contribution in [3.05, 3.63) is 63.4 Å². The van der Waals surface area contributed by atoms with Gasteiger partial charge in [0.25, 0.3) is 11.4 Å². The standard InChI is InChI=1S/C6H6N4O4.2CH3.ClH.HNO2.Pt/c7-8-4-1-5(9(11)12)3-6(2-4)10(13)14;;;;2-1-3;/h1-3,8H,7H2;2*1H3;1H;(H,2,3);/q;2*-1;;;+4/p-2. The molecule has 1 rings (SSSR count). The summed E-state index contributed by atoms with van der Waals surface area (Å²) in [5, 5.41) is 29.7. The first-order chi connectivity index (χ1) is 7.96. The van der Waals surface area contributed by atoms with Crippen molar-refractivity contribution in [1.82, 2.24) is 0 Å². The fraction of sp³-hybridized carbons (Fsp3) is 0. The number of nitrogens with two attached hydrogens (primary N) is 1. The molecule has 0 radical (unpaired) electrons. The van der Waals surface area contributed by atoms with Crippen molar-refractivity contribution in [3.63, 3.8) is 0 Å². The molecule has 0 saturated heterocycles. The predicted molar refractivity (Wildman–Crippen MR) is 69.6 cm³/mol. The van der Waals surface area contributed by atoms with Crippen LogP contribution in [0.1, 0.15) is 0 Å². The zero-order valence-electron chi connectivity index (χ0n) is 10.8. The molecular formula is C8H12ClN5O6Pt. The number of benzene rings is 1. The van der Waals surface area contributed by atoms with Crippen LogP contribution in [-0.4, -0.2) is 9.85 Å². The van der Waals surface area contributed by atoms with Crippen LogP contribution in [0.4, 0.5) is 17.1 Å². The summed E-state index contributed by atoms with van der Waals surface area (Å²) in [5.41, 5.74) is 1.46. The summed E-state index contributed by atoms with van der Waals surface area (Å²) in [6, 6.07) is 3.07. The molecular weight excluding hydrogens is 493 g/mol. The Balaban J connectivity index is -0.000000113. The van der Waals surface area contributed by atoms with E-state index in [2.05, 4.69) is 5.43 Å². The molecule has 122 valence electrons. The van der Waals surface area contributed by atoms with Gasteiger partial charge in [-0.1, -0.05) is 0 Å². The molecule has 0 amide bonds. The molecule has 0 fully saturated rings. The Hall–Kier alpha value is -1.84. The number of nitro groups is 2. The number of nitro benzene ring substituents is 2. The third-order valence-corrected chi connectivity index (χ3v) is 1.49. The fourth-order valence-electron chi connectivity index (χ4n) is 0.889. The third kappa shape index (κ3) is 11.7. The second-order valence-electron chi connectivity index (χ2n) is 2.47. The molecule has 0 aliphatic heterocycles. The van der Waals surface area contributed by atoms with Crippen molar-refractivity contribution in [2.24, 2.45) is 11.2 Å². The maximum Gasteiger partial charge on any atom is 4.00 e. The van der Waals surface area contributed by atoms with Crippen LogP contribution in [-0.2, 0) is 21.1 Å². The maximum absolute atomic E-state index is 10.4. The van der Waals surface area contributed by atoms with E-state index in [4.69, 9.17) is 16.0 Å². The van der Waals surface area contributed by atoms with Gasteiger partial charge in [0, 0.05) is 12.1 Å². The molecule has 0 bridgehead atoms. The van der Waals surface area contributed by atoms with Crippen LogP contribution in [0.5, 0.6) is 0 Å². The van der Waals surface area contributed by atoms with Gasteiger partial charge in [0.1, 0.15) is 0 Å². The molecule has 0 aliphatic rings. The van der Waals surface area contributed by atoms with E-state index in [1.54, 1.807) is 0 Å². The summed E-state index contributed by atoms with van der Waals surface area (Å²) in [5.74, 6) is 4.99. The zero-order chi connectivity index (χ0) is 13.4. The predicted octanol–water partition coefficient (Wildman–Crippen LogP) is -1.06. The molecule has 3 N–H and O–H groups in total. The summed E-state index contributed by atoms with van der Waals surface area (Å²) in [6.45, 7) is 0. The fourth-order valence-corrected chi connectivity index (χ4v) is 0.889. The SMILES string of the molecule is NNc1cc([N+](=O)[O-])cc([N+](=O)[O-])c1.O=N[O-].[CH3-].[CH3-].[Cl-].[Pt+4]. The van der Waals surface area contributed by atoms with Gasteiger partial charge in [0.05, 0.1) is 21.6 Å². The largest absolute Gasteiger partial charge is 4.00 e. The number of anilines is 1. The maximum atomic E-state index is 10.4. The topological polar surface area (TPSA) is 177 Å². The van der Waals surface area contributed by atoms with E-state index in [-0.39, 0.29) is 65.4 Å². The summed E-state index contributed by atoms with van der Waals surface area (Å²) >= 11 is 0. The Morgan fingerprint density at radius 1 is 1.05 bits per heavy atom. The van der Waals surface area contributed by atoms with Crippen LogP contribution < -0.4 is 23.7 Å². The Morgan fingerprint density at radius 3 is 1.52 bits per heavy atom. The molecule has 0 aromatic heterocycles. The number of rotatable bonds is 3. The molecule has 1 aromatic carbocycles. The van der Waals surface area contributed by atoms with Crippen LogP contribution in [0.25, 0.3) is 0 Å². The van der Waals surface area contributed by atoms with Gasteiger partial charge in [-0.2, -0.15) is 0 Å². The average Bonchev–Trinajstić information content (AvgIpc) is 2.29. The van der Waals surface area contributed by atoms with E-state index in [9.17, 15) is 20.2 Å². The molecule has 11 nitrogen and oxygen atoms in total. The molecule has 21 heavy (non-hydrogen) atoms. The molecule has 0 unspecified atom stereocenters. The zero-order valence-corrected chi connectivity index (χ0v) is 13.8. The minimum atomic E-state index is -0.728. The van der Waals surface area contributed by atoms with E-state index in [0.717, 1.165) is 23.5 Å². The Bertz CT molecular complexity index is 417. The van der Waals surface area contributed by atoms with Crippen LogP contribution >= 0.6 is 0 Å². The molecule has 0 spiro atoms. The second-order valence-corrected chi connectivity index (χ2v) is 2.47. The summed E-state index contributed by atoms with van der Waals surface area (Å²) in [4.78, 5) is 27.3. The van der Waals surface area contributed by atoms with Gasteiger partial charge in [-0.25, -0.2) is 0 Å². The van der Waals surface area contributed by atoms with Gasteiger partial charge >= 0.3 is 21.1 Å². The van der Waals surface area contributed by atoms with Crippen LogP contribution in [0.2, 0.25) is 0 Å². The number of nitrogen functional groups attached to an aromatic ring is 1. The van der Waals surface area contributed by atoms with Gasteiger partial charge in [0.2, 0.25) is 0 Å². The van der Waals surface area contributed by atoms with Gasteiger partial charge in [0.15, 0.2) is 0 Å². The van der Waals surface area contributed by atoms with Crippen LogP contribution in [0, 0.1) is 45.2 Å². The first-order valence-corrected chi connectivity index (χ1v) is 3.81. The van der Waals surface area contributed by atoms with E-state index >= 15 is 0 Å². The summed E-state index contributed by atoms with van der Waals surface area (Å²) in [6.07, 6.45) is 0. The quantitative estimate of drug-likeness (QED) is 0.172. The molecule has 0 atom stereocenters. The number of hydrogen-bond donors (Lipinski definition) is 2. The van der Waals surface area contributed by atoms with E-state index < -0.39 is 9.85 Å². The average molecular weight is 505 g/mol.